The molecule has 1 aliphatic rings. The summed E-state index contributed by atoms with van der Waals surface area (Å²) in [6, 6.07) is 21.1. The van der Waals surface area contributed by atoms with E-state index >= 15 is 0 Å². The van der Waals surface area contributed by atoms with E-state index < -0.39 is 10.0 Å². The SMILES string of the molecule is CCCN(Cc1ccc(CN2CCN(c3ccccc3OC)CC2)n1C)S(=O)(=O)c1ccccc1. The maximum Gasteiger partial charge on any atom is 0.243 e. The second kappa shape index (κ2) is 11.3. The van der Waals surface area contributed by atoms with Gasteiger partial charge in [-0.05, 0) is 42.8 Å². The molecule has 0 N–H and O–H groups in total. The molecule has 35 heavy (non-hydrogen) atoms. The second-order valence-electron chi connectivity index (χ2n) is 8.96. The van der Waals surface area contributed by atoms with Crippen LogP contribution in [0.3, 0.4) is 0 Å². The molecule has 3 aromatic rings. The fraction of sp³-hybridized carbons (Fsp3) is 0.407. The van der Waals surface area contributed by atoms with Crippen LogP contribution in [-0.2, 0) is 30.2 Å². The van der Waals surface area contributed by atoms with Crippen molar-refractivity contribution in [2.75, 3.05) is 44.7 Å². The van der Waals surface area contributed by atoms with Crippen LogP contribution >= 0.6 is 0 Å². The molecule has 0 unspecified atom stereocenters. The molecule has 1 fully saturated rings. The smallest absolute Gasteiger partial charge is 0.243 e. The number of hydrogen-bond donors (Lipinski definition) is 0. The van der Waals surface area contributed by atoms with E-state index in [0.29, 0.717) is 18.0 Å². The Morgan fingerprint density at radius 1 is 0.886 bits per heavy atom. The van der Waals surface area contributed by atoms with Crippen molar-refractivity contribution in [3.05, 3.63) is 78.1 Å². The van der Waals surface area contributed by atoms with Crippen LogP contribution in [0.25, 0.3) is 0 Å². The third-order valence-corrected chi connectivity index (χ3v) is 8.57. The second-order valence-corrected chi connectivity index (χ2v) is 10.9. The number of piperazine rings is 1. The Morgan fingerprint density at radius 2 is 1.54 bits per heavy atom. The van der Waals surface area contributed by atoms with Gasteiger partial charge in [0.15, 0.2) is 0 Å². The minimum atomic E-state index is -3.54. The molecule has 0 aliphatic carbocycles. The molecule has 1 saturated heterocycles. The standard InChI is InChI=1S/C27H36N4O3S/c1-4-16-31(35(32,33)25-10-6-5-7-11-25)22-24-15-14-23(28(24)2)21-29-17-19-30(20-18-29)26-12-8-9-13-27(26)34-3/h5-15H,4,16-22H2,1-3H3. The fourth-order valence-electron chi connectivity index (χ4n) is 4.64. The average Bonchev–Trinajstić information content (AvgIpc) is 3.23. The Bertz CT molecular complexity index is 1200. The fourth-order valence-corrected chi connectivity index (χ4v) is 6.17. The molecule has 7 nitrogen and oxygen atoms in total. The Labute approximate surface area is 209 Å². The minimum Gasteiger partial charge on any atom is -0.495 e. The number of ether oxygens (including phenoxy) is 1. The van der Waals surface area contributed by atoms with Crippen molar-refractivity contribution in [1.82, 2.24) is 13.8 Å². The van der Waals surface area contributed by atoms with E-state index in [0.717, 1.165) is 56.3 Å². The van der Waals surface area contributed by atoms with Gasteiger partial charge in [-0.2, -0.15) is 4.31 Å². The zero-order valence-corrected chi connectivity index (χ0v) is 21.7. The number of anilines is 1. The van der Waals surface area contributed by atoms with E-state index in [1.54, 1.807) is 35.7 Å². The first-order valence-electron chi connectivity index (χ1n) is 12.2. The van der Waals surface area contributed by atoms with Gasteiger partial charge in [-0.1, -0.05) is 37.3 Å². The van der Waals surface area contributed by atoms with Gasteiger partial charge < -0.3 is 14.2 Å². The van der Waals surface area contributed by atoms with Crippen LogP contribution in [0.5, 0.6) is 5.75 Å². The lowest BCUT2D eigenvalue weighted by Gasteiger charge is -2.36. The summed E-state index contributed by atoms with van der Waals surface area (Å²) < 4.78 is 35.8. The highest BCUT2D eigenvalue weighted by Gasteiger charge is 2.25. The maximum atomic E-state index is 13.2. The molecule has 188 valence electrons. The third kappa shape index (κ3) is 5.72. The Hall–Kier alpha value is -2.81. The van der Waals surface area contributed by atoms with Crippen molar-refractivity contribution in [2.45, 2.75) is 31.3 Å². The molecule has 4 rings (SSSR count). The highest BCUT2D eigenvalue weighted by atomic mass is 32.2. The predicted molar refractivity (Wildman–Crippen MR) is 140 cm³/mol. The van der Waals surface area contributed by atoms with Crippen molar-refractivity contribution in [3.63, 3.8) is 0 Å². The normalized spacial score (nSPS) is 15.0. The van der Waals surface area contributed by atoms with E-state index in [2.05, 4.69) is 38.6 Å². The van der Waals surface area contributed by atoms with Crippen molar-refractivity contribution < 1.29 is 13.2 Å². The summed E-state index contributed by atoms with van der Waals surface area (Å²) in [6.45, 7) is 7.51. The first-order chi connectivity index (χ1) is 16.9. The molecule has 0 spiro atoms. The molecule has 1 aliphatic heterocycles. The summed E-state index contributed by atoms with van der Waals surface area (Å²) in [5.74, 6) is 0.912. The van der Waals surface area contributed by atoms with Gasteiger partial charge in [-0.3, -0.25) is 4.90 Å². The quantitative estimate of drug-likeness (QED) is 0.425. The molecule has 8 heteroatoms. The van der Waals surface area contributed by atoms with Crippen LogP contribution in [0, 0.1) is 0 Å². The molecule has 2 aromatic carbocycles. The number of methoxy groups -OCH3 is 1. The number of para-hydroxylation sites is 2. The van der Waals surface area contributed by atoms with E-state index in [1.807, 2.05) is 32.2 Å². The van der Waals surface area contributed by atoms with Crippen molar-refractivity contribution in [2.24, 2.45) is 7.05 Å². The molecule has 0 amide bonds. The summed E-state index contributed by atoms with van der Waals surface area (Å²) in [5, 5.41) is 0. The number of hydrogen-bond acceptors (Lipinski definition) is 5. The van der Waals surface area contributed by atoms with Crippen molar-refractivity contribution in [1.29, 1.82) is 0 Å². The van der Waals surface area contributed by atoms with Crippen LogP contribution in [0.1, 0.15) is 24.7 Å². The molecular weight excluding hydrogens is 460 g/mol. The zero-order valence-electron chi connectivity index (χ0n) is 20.9. The van der Waals surface area contributed by atoms with Gasteiger partial charge in [0.1, 0.15) is 5.75 Å². The summed E-state index contributed by atoms with van der Waals surface area (Å²) in [7, 11) is 0.213. The predicted octanol–water partition coefficient (Wildman–Crippen LogP) is 3.96. The van der Waals surface area contributed by atoms with E-state index in [9.17, 15) is 8.42 Å². The Balaban J connectivity index is 1.41. The van der Waals surface area contributed by atoms with Crippen molar-refractivity contribution in [3.8, 4) is 5.75 Å². The molecule has 2 heterocycles. The molecule has 0 saturated carbocycles. The number of sulfonamides is 1. The summed E-state index contributed by atoms with van der Waals surface area (Å²) in [4.78, 5) is 5.18. The number of nitrogens with zero attached hydrogens (tertiary/aromatic N) is 4. The average molecular weight is 497 g/mol. The maximum absolute atomic E-state index is 13.2. The lowest BCUT2D eigenvalue weighted by Crippen LogP contribution is -2.46. The highest BCUT2D eigenvalue weighted by molar-refractivity contribution is 7.89. The highest BCUT2D eigenvalue weighted by Crippen LogP contribution is 2.28. The lowest BCUT2D eigenvalue weighted by atomic mass is 10.2. The summed E-state index contributed by atoms with van der Waals surface area (Å²) in [5.41, 5.74) is 3.34. The Morgan fingerprint density at radius 3 is 2.23 bits per heavy atom. The van der Waals surface area contributed by atoms with Gasteiger partial charge in [-0.25, -0.2) is 8.42 Å². The molecular formula is C27H36N4O3S. The van der Waals surface area contributed by atoms with Crippen molar-refractivity contribution >= 4 is 15.7 Å². The van der Waals surface area contributed by atoms with Crippen LogP contribution < -0.4 is 9.64 Å². The monoisotopic (exact) mass is 496 g/mol. The van der Waals surface area contributed by atoms with Gasteiger partial charge in [0.2, 0.25) is 10.0 Å². The number of aromatic nitrogens is 1. The first-order valence-corrected chi connectivity index (χ1v) is 13.7. The Kier molecular flexibility index (Phi) is 8.15. The summed E-state index contributed by atoms with van der Waals surface area (Å²) >= 11 is 0. The van der Waals surface area contributed by atoms with E-state index in [1.165, 1.54) is 5.69 Å². The largest absolute Gasteiger partial charge is 0.495 e. The zero-order chi connectivity index (χ0) is 24.8. The topological polar surface area (TPSA) is 58.0 Å². The van der Waals surface area contributed by atoms with Crippen LogP contribution in [0.2, 0.25) is 0 Å². The van der Waals surface area contributed by atoms with Crippen LogP contribution in [0.4, 0.5) is 5.69 Å². The van der Waals surface area contributed by atoms with Gasteiger partial charge in [0.25, 0.3) is 0 Å². The lowest BCUT2D eigenvalue weighted by molar-refractivity contribution is 0.243. The number of rotatable bonds is 10. The minimum absolute atomic E-state index is 0.343. The van der Waals surface area contributed by atoms with E-state index in [4.69, 9.17) is 4.74 Å². The summed E-state index contributed by atoms with van der Waals surface area (Å²) in [6.07, 6.45) is 0.764. The molecule has 0 atom stereocenters. The van der Waals surface area contributed by atoms with Gasteiger partial charge >= 0.3 is 0 Å². The first kappa shape index (κ1) is 25.3. The molecule has 1 aromatic heterocycles. The molecule has 0 radical (unpaired) electrons. The van der Waals surface area contributed by atoms with Gasteiger partial charge in [-0.15, -0.1) is 0 Å². The van der Waals surface area contributed by atoms with Crippen LogP contribution in [0.15, 0.2) is 71.6 Å². The molecule has 0 bridgehead atoms. The number of benzene rings is 2. The third-order valence-electron chi connectivity index (χ3n) is 6.71. The van der Waals surface area contributed by atoms with Gasteiger partial charge in [0.05, 0.1) is 24.2 Å². The van der Waals surface area contributed by atoms with Crippen LogP contribution in [-0.4, -0.2) is 62.0 Å². The van der Waals surface area contributed by atoms with Gasteiger partial charge in [0, 0.05) is 57.7 Å². The van der Waals surface area contributed by atoms with E-state index in [-0.39, 0.29) is 0 Å².